The number of ether oxygens (including phenoxy) is 1. The van der Waals surface area contributed by atoms with Gasteiger partial charge in [-0.25, -0.2) is 8.78 Å². The molecular formula is C10H14F2O. The average Bonchev–Trinajstić information content (AvgIpc) is 2.11. The van der Waals surface area contributed by atoms with E-state index in [0.717, 1.165) is 12.1 Å². The first-order valence-corrected chi connectivity index (χ1v) is 4.14. The highest BCUT2D eigenvalue weighted by molar-refractivity contribution is 5.23. The Kier molecular flexibility index (Phi) is 5.85. The van der Waals surface area contributed by atoms with Crippen molar-refractivity contribution in [2.24, 2.45) is 0 Å². The van der Waals surface area contributed by atoms with Gasteiger partial charge in [0.2, 0.25) is 0 Å². The lowest BCUT2D eigenvalue weighted by atomic mass is 10.3. The third-order valence-corrected chi connectivity index (χ3v) is 1.13. The molecule has 0 aliphatic heterocycles. The molecule has 0 heterocycles. The van der Waals surface area contributed by atoms with Gasteiger partial charge in [0, 0.05) is 6.07 Å². The Hall–Kier alpha value is -1.12. The van der Waals surface area contributed by atoms with Crippen LogP contribution in [-0.4, -0.2) is 7.11 Å². The van der Waals surface area contributed by atoms with Crippen molar-refractivity contribution >= 4 is 0 Å². The van der Waals surface area contributed by atoms with Gasteiger partial charge in [-0.05, 0) is 12.1 Å². The lowest BCUT2D eigenvalue weighted by Gasteiger charge is -1.97. The van der Waals surface area contributed by atoms with Crippen LogP contribution in [0.2, 0.25) is 0 Å². The first-order valence-electron chi connectivity index (χ1n) is 4.14. The molecule has 0 fully saturated rings. The van der Waals surface area contributed by atoms with Crippen LogP contribution in [0.15, 0.2) is 18.2 Å². The Morgan fingerprint density at radius 3 is 2.08 bits per heavy atom. The van der Waals surface area contributed by atoms with Gasteiger partial charge in [0.05, 0.1) is 7.11 Å². The molecule has 13 heavy (non-hydrogen) atoms. The monoisotopic (exact) mass is 188 g/mol. The lowest BCUT2D eigenvalue weighted by molar-refractivity contribution is 0.406. The molecule has 1 aromatic rings. The predicted octanol–water partition coefficient (Wildman–Crippen LogP) is 3.39. The van der Waals surface area contributed by atoms with Crippen molar-refractivity contribution in [1.82, 2.24) is 0 Å². The van der Waals surface area contributed by atoms with Crippen molar-refractivity contribution in [3.63, 3.8) is 0 Å². The van der Waals surface area contributed by atoms with Crippen LogP contribution in [0.1, 0.15) is 20.3 Å². The molecule has 0 radical (unpaired) electrons. The first-order chi connectivity index (χ1) is 6.15. The fraction of sp³-hybridized carbons (Fsp3) is 0.400. The number of methoxy groups -OCH3 is 1. The molecule has 74 valence electrons. The average molecular weight is 188 g/mol. The summed E-state index contributed by atoms with van der Waals surface area (Å²) >= 11 is 0. The summed E-state index contributed by atoms with van der Waals surface area (Å²) in [7, 11) is 1.40. The van der Waals surface area contributed by atoms with Crippen LogP contribution < -0.4 is 4.74 Å². The van der Waals surface area contributed by atoms with Gasteiger partial charge in [0.25, 0.3) is 0 Å². The fourth-order valence-corrected chi connectivity index (χ4v) is 0.604. The van der Waals surface area contributed by atoms with Gasteiger partial charge in [0.1, 0.15) is 5.75 Å². The minimum Gasteiger partial charge on any atom is -0.497 e. The summed E-state index contributed by atoms with van der Waals surface area (Å²) < 4.78 is 29.2. The highest BCUT2D eigenvalue weighted by Crippen LogP contribution is 2.13. The quantitative estimate of drug-likeness (QED) is 0.656. The van der Waals surface area contributed by atoms with E-state index in [1.807, 2.05) is 0 Å². The molecule has 0 saturated carbocycles. The predicted molar refractivity (Wildman–Crippen MR) is 48.9 cm³/mol. The van der Waals surface area contributed by atoms with Crippen LogP contribution in [-0.2, 0) is 0 Å². The molecule has 0 atom stereocenters. The van der Waals surface area contributed by atoms with E-state index in [0.29, 0.717) is 5.75 Å². The number of halogens is 2. The van der Waals surface area contributed by atoms with Gasteiger partial charge in [-0.1, -0.05) is 20.3 Å². The molecule has 1 aromatic carbocycles. The normalized spacial score (nSPS) is 8.69. The summed E-state index contributed by atoms with van der Waals surface area (Å²) in [6, 6.07) is 3.38. The van der Waals surface area contributed by atoms with Crippen molar-refractivity contribution in [3.05, 3.63) is 29.8 Å². The molecule has 0 N–H and O–H groups in total. The zero-order valence-electron chi connectivity index (χ0n) is 8.10. The summed E-state index contributed by atoms with van der Waals surface area (Å²) in [6.45, 7) is 4.25. The van der Waals surface area contributed by atoms with E-state index in [2.05, 4.69) is 18.6 Å². The van der Waals surface area contributed by atoms with E-state index in [-0.39, 0.29) is 0 Å². The summed E-state index contributed by atoms with van der Waals surface area (Å²) in [5, 5.41) is 0. The Morgan fingerprint density at radius 2 is 1.69 bits per heavy atom. The zero-order chi connectivity index (χ0) is 10.3. The van der Waals surface area contributed by atoms with Crippen LogP contribution in [0.3, 0.4) is 0 Å². The second-order valence-corrected chi connectivity index (χ2v) is 2.49. The molecular weight excluding hydrogens is 174 g/mol. The van der Waals surface area contributed by atoms with E-state index in [4.69, 9.17) is 0 Å². The van der Waals surface area contributed by atoms with E-state index < -0.39 is 11.6 Å². The van der Waals surface area contributed by atoms with Gasteiger partial charge in [0.15, 0.2) is 11.6 Å². The second kappa shape index (κ2) is 6.40. The van der Waals surface area contributed by atoms with Crippen molar-refractivity contribution in [3.8, 4) is 5.75 Å². The molecule has 0 aromatic heterocycles. The van der Waals surface area contributed by atoms with Crippen molar-refractivity contribution in [2.45, 2.75) is 20.3 Å². The SMILES string of the molecule is CCC.COc1ccc(F)c(F)c1. The summed E-state index contributed by atoms with van der Waals surface area (Å²) in [6.07, 6.45) is 1.25. The van der Waals surface area contributed by atoms with Gasteiger partial charge < -0.3 is 4.74 Å². The smallest absolute Gasteiger partial charge is 0.162 e. The van der Waals surface area contributed by atoms with Crippen LogP contribution in [0, 0.1) is 11.6 Å². The maximum absolute atomic E-state index is 12.3. The number of hydrogen-bond donors (Lipinski definition) is 0. The minimum absolute atomic E-state index is 0.318. The van der Waals surface area contributed by atoms with Crippen LogP contribution >= 0.6 is 0 Å². The van der Waals surface area contributed by atoms with Crippen LogP contribution in [0.5, 0.6) is 5.75 Å². The Morgan fingerprint density at radius 1 is 1.15 bits per heavy atom. The summed E-state index contributed by atoms with van der Waals surface area (Å²) in [5.74, 6) is -1.43. The Bertz CT molecular complexity index is 249. The van der Waals surface area contributed by atoms with Gasteiger partial charge in [-0.2, -0.15) is 0 Å². The molecule has 0 spiro atoms. The molecule has 0 bridgehead atoms. The second-order valence-electron chi connectivity index (χ2n) is 2.49. The van der Waals surface area contributed by atoms with E-state index in [9.17, 15) is 8.78 Å². The molecule has 1 nitrogen and oxygen atoms in total. The third-order valence-electron chi connectivity index (χ3n) is 1.13. The largest absolute Gasteiger partial charge is 0.497 e. The van der Waals surface area contributed by atoms with Gasteiger partial charge in [-0.15, -0.1) is 0 Å². The van der Waals surface area contributed by atoms with Gasteiger partial charge in [-0.3, -0.25) is 0 Å². The highest BCUT2D eigenvalue weighted by atomic mass is 19.2. The van der Waals surface area contributed by atoms with Crippen molar-refractivity contribution < 1.29 is 13.5 Å². The Balaban J connectivity index is 0.000000424. The molecule has 0 aliphatic carbocycles. The minimum atomic E-state index is -0.889. The standard InChI is InChI=1S/C7H6F2O.C3H8/c1-10-5-2-3-6(8)7(9)4-5;1-3-2/h2-4H,1H3;3H2,1-2H3. The Labute approximate surface area is 77.3 Å². The number of hydrogen-bond acceptors (Lipinski definition) is 1. The summed E-state index contributed by atoms with van der Waals surface area (Å²) in [4.78, 5) is 0. The summed E-state index contributed by atoms with van der Waals surface area (Å²) in [5.41, 5.74) is 0. The molecule has 1 rings (SSSR count). The molecule has 3 heteroatoms. The highest BCUT2D eigenvalue weighted by Gasteiger charge is 2.00. The molecule has 0 saturated heterocycles. The topological polar surface area (TPSA) is 9.23 Å². The molecule has 0 aliphatic rings. The van der Waals surface area contributed by atoms with E-state index >= 15 is 0 Å². The fourth-order valence-electron chi connectivity index (χ4n) is 0.604. The number of benzene rings is 1. The van der Waals surface area contributed by atoms with Crippen LogP contribution in [0.25, 0.3) is 0 Å². The van der Waals surface area contributed by atoms with E-state index in [1.165, 1.54) is 19.6 Å². The van der Waals surface area contributed by atoms with Crippen molar-refractivity contribution in [2.75, 3.05) is 7.11 Å². The molecule has 0 unspecified atom stereocenters. The third kappa shape index (κ3) is 4.45. The van der Waals surface area contributed by atoms with Crippen LogP contribution in [0.4, 0.5) is 8.78 Å². The van der Waals surface area contributed by atoms with Gasteiger partial charge >= 0.3 is 0 Å². The first kappa shape index (κ1) is 11.9. The number of rotatable bonds is 1. The van der Waals surface area contributed by atoms with E-state index in [1.54, 1.807) is 0 Å². The zero-order valence-corrected chi connectivity index (χ0v) is 8.10. The lowest BCUT2D eigenvalue weighted by Crippen LogP contribution is -1.86. The van der Waals surface area contributed by atoms with Crippen molar-refractivity contribution in [1.29, 1.82) is 0 Å². The maximum Gasteiger partial charge on any atom is 0.162 e. The maximum atomic E-state index is 12.3. The molecule has 0 amide bonds.